The van der Waals surface area contributed by atoms with E-state index < -0.39 is 5.82 Å². The van der Waals surface area contributed by atoms with Crippen molar-refractivity contribution in [2.45, 2.75) is 26.4 Å². The van der Waals surface area contributed by atoms with Crippen molar-refractivity contribution < 1.29 is 13.9 Å². The highest BCUT2D eigenvalue weighted by Gasteiger charge is 2.14. The number of ether oxygens (including phenoxy) is 1. The van der Waals surface area contributed by atoms with Gasteiger partial charge in [-0.2, -0.15) is 0 Å². The van der Waals surface area contributed by atoms with Crippen LogP contribution in [0.15, 0.2) is 48.5 Å². The SMILES string of the molecule is CCN(CC(=O)N[C@@H](C)c1ccccc1)Cc1ccc(OC)c(F)c1. The number of hydrogen-bond acceptors (Lipinski definition) is 3. The van der Waals surface area contributed by atoms with Gasteiger partial charge in [-0.3, -0.25) is 9.69 Å². The monoisotopic (exact) mass is 344 g/mol. The zero-order valence-corrected chi connectivity index (χ0v) is 15.0. The van der Waals surface area contributed by atoms with Crippen LogP contribution in [0.1, 0.15) is 31.0 Å². The molecular weight excluding hydrogens is 319 g/mol. The van der Waals surface area contributed by atoms with Gasteiger partial charge in [-0.05, 0) is 36.7 Å². The van der Waals surface area contributed by atoms with Crippen molar-refractivity contribution in [3.05, 3.63) is 65.5 Å². The molecule has 0 radical (unpaired) electrons. The minimum Gasteiger partial charge on any atom is -0.494 e. The van der Waals surface area contributed by atoms with E-state index in [4.69, 9.17) is 4.74 Å². The Balaban J connectivity index is 1.92. The van der Waals surface area contributed by atoms with Crippen molar-refractivity contribution in [2.24, 2.45) is 0 Å². The van der Waals surface area contributed by atoms with Crippen LogP contribution in [0.5, 0.6) is 5.75 Å². The van der Waals surface area contributed by atoms with E-state index in [-0.39, 0.29) is 24.2 Å². The Morgan fingerprint density at radius 3 is 2.56 bits per heavy atom. The molecule has 0 unspecified atom stereocenters. The first kappa shape index (κ1) is 18.9. The molecule has 5 heteroatoms. The molecule has 1 N–H and O–H groups in total. The van der Waals surface area contributed by atoms with E-state index in [0.717, 1.165) is 11.1 Å². The molecule has 25 heavy (non-hydrogen) atoms. The maximum absolute atomic E-state index is 13.8. The van der Waals surface area contributed by atoms with Crippen LogP contribution in [-0.2, 0) is 11.3 Å². The fraction of sp³-hybridized carbons (Fsp3) is 0.350. The fourth-order valence-electron chi connectivity index (χ4n) is 2.66. The van der Waals surface area contributed by atoms with E-state index in [1.54, 1.807) is 6.07 Å². The predicted octanol–water partition coefficient (Wildman–Crippen LogP) is 3.53. The van der Waals surface area contributed by atoms with Crippen molar-refractivity contribution in [3.63, 3.8) is 0 Å². The second-order valence-electron chi connectivity index (χ2n) is 5.97. The number of carbonyl (C=O) groups is 1. The molecule has 0 aromatic heterocycles. The number of carbonyl (C=O) groups excluding carboxylic acids is 1. The van der Waals surface area contributed by atoms with E-state index >= 15 is 0 Å². The number of halogens is 1. The first-order valence-electron chi connectivity index (χ1n) is 8.42. The predicted molar refractivity (Wildman–Crippen MR) is 96.9 cm³/mol. The Labute approximate surface area is 148 Å². The third kappa shape index (κ3) is 5.57. The molecule has 0 aliphatic carbocycles. The van der Waals surface area contributed by atoms with Crippen LogP contribution in [0.2, 0.25) is 0 Å². The number of benzene rings is 2. The van der Waals surface area contributed by atoms with E-state index in [2.05, 4.69) is 5.32 Å². The van der Waals surface area contributed by atoms with Crippen molar-refractivity contribution in [1.82, 2.24) is 10.2 Å². The van der Waals surface area contributed by atoms with E-state index in [0.29, 0.717) is 13.1 Å². The molecule has 2 rings (SSSR count). The largest absolute Gasteiger partial charge is 0.494 e. The summed E-state index contributed by atoms with van der Waals surface area (Å²) in [5.74, 6) is -0.216. The van der Waals surface area contributed by atoms with Crippen molar-refractivity contribution >= 4 is 5.91 Å². The summed E-state index contributed by atoms with van der Waals surface area (Å²) >= 11 is 0. The maximum Gasteiger partial charge on any atom is 0.234 e. The Hall–Kier alpha value is -2.40. The van der Waals surface area contributed by atoms with Gasteiger partial charge in [0.25, 0.3) is 0 Å². The van der Waals surface area contributed by atoms with Crippen LogP contribution in [0.3, 0.4) is 0 Å². The lowest BCUT2D eigenvalue weighted by Crippen LogP contribution is -2.38. The summed E-state index contributed by atoms with van der Waals surface area (Å²) in [5, 5.41) is 3.00. The molecule has 2 aromatic carbocycles. The molecule has 0 aliphatic heterocycles. The van der Waals surface area contributed by atoms with Crippen LogP contribution >= 0.6 is 0 Å². The second-order valence-corrected chi connectivity index (χ2v) is 5.97. The lowest BCUT2D eigenvalue weighted by molar-refractivity contribution is -0.123. The number of hydrogen-bond donors (Lipinski definition) is 1. The topological polar surface area (TPSA) is 41.6 Å². The van der Waals surface area contributed by atoms with E-state index in [1.165, 1.54) is 13.2 Å². The molecule has 1 amide bonds. The van der Waals surface area contributed by atoms with Crippen LogP contribution in [0, 0.1) is 5.82 Å². The first-order valence-corrected chi connectivity index (χ1v) is 8.42. The number of methoxy groups -OCH3 is 1. The van der Waals surface area contributed by atoms with Gasteiger partial charge < -0.3 is 10.1 Å². The molecular formula is C20H25FN2O2. The summed E-state index contributed by atoms with van der Waals surface area (Å²) in [4.78, 5) is 14.3. The molecule has 2 aromatic rings. The normalized spacial score (nSPS) is 12.0. The number of nitrogens with zero attached hydrogens (tertiary/aromatic N) is 1. The summed E-state index contributed by atoms with van der Waals surface area (Å²) in [6.07, 6.45) is 0. The van der Waals surface area contributed by atoms with E-state index in [1.807, 2.05) is 55.1 Å². The highest BCUT2D eigenvalue weighted by atomic mass is 19.1. The first-order chi connectivity index (χ1) is 12.0. The summed E-state index contributed by atoms with van der Waals surface area (Å²) < 4.78 is 18.7. The van der Waals surface area contributed by atoms with Crippen molar-refractivity contribution in [3.8, 4) is 5.75 Å². The zero-order valence-electron chi connectivity index (χ0n) is 15.0. The Morgan fingerprint density at radius 2 is 1.96 bits per heavy atom. The fourth-order valence-corrected chi connectivity index (χ4v) is 2.66. The summed E-state index contributed by atoms with van der Waals surface area (Å²) in [7, 11) is 1.44. The van der Waals surface area contributed by atoms with Crippen LogP contribution in [0.25, 0.3) is 0 Å². The summed E-state index contributed by atoms with van der Waals surface area (Å²) in [6, 6.07) is 14.7. The zero-order chi connectivity index (χ0) is 18.2. The van der Waals surface area contributed by atoms with Crippen LogP contribution in [-0.4, -0.2) is 31.0 Å². The van der Waals surface area contributed by atoms with Gasteiger partial charge >= 0.3 is 0 Å². The highest BCUT2D eigenvalue weighted by molar-refractivity contribution is 5.78. The molecule has 0 spiro atoms. The van der Waals surface area contributed by atoms with Crippen molar-refractivity contribution in [2.75, 3.05) is 20.2 Å². The Kier molecular flexibility index (Phi) is 6.95. The van der Waals surface area contributed by atoms with Crippen LogP contribution in [0.4, 0.5) is 4.39 Å². The molecule has 4 nitrogen and oxygen atoms in total. The average molecular weight is 344 g/mol. The molecule has 1 atom stereocenters. The lowest BCUT2D eigenvalue weighted by Gasteiger charge is -2.22. The van der Waals surface area contributed by atoms with Crippen molar-refractivity contribution in [1.29, 1.82) is 0 Å². The summed E-state index contributed by atoms with van der Waals surface area (Å²) in [6.45, 7) is 5.41. The smallest absolute Gasteiger partial charge is 0.234 e. The minimum atomic E-state index is -0.391. The van der Waals surface area contributed by atoms with Gasteiger partial charge in [0.1, 0.15) is 0 Å². The lowest BCUT2D eigenvalue weighted by atomic mass is 10.1. The van der Waals surface area contributed by atoms with Gasteiger partial charge in [0.2, 0.25) is 5.91 Å². The number of amides is 1. The van der Waals surface area contributed by atoms with Gasteiger partial charge in [0, 0.05) is 6.54 Å². The number of rotatable bonds is 8. The average Bonchev–Trinajstić information content (AvgIpc) is 2.62. The molecule has 0 saturated heterocycles. The Morgan fingerprint density at radius 1 is 1.24 bits per heavy atom. The number of likely N-dealkylation sites (N-methyl/N-ethyl adjacent to an activating group) is 1. The Bertz CT molecular complexity index is 691. The van der Waals surface area contributed by atoms with Crippen LogP contribution < -0.4 is 10.1 Å². The third-order valence-electron chi connectivity index (χ3n) is 4.11. The highest BCUT2D eigenvalue weighted by Crippen LogP contribution is 2.18. The van der Waals surface area contributed by atoms with Gasteiger partial charge in [0.05, 0.1) is 19.7 Å². The third-order valence-corrected chi connectivity index (χ3v) is 4.11. The van der Waals surface area contributed by atoms with Gasteiger partial charge in [-0.25, -0.2) is 4.39 Å². The molecule has 0 fully saturated rings. The standard InChI is InChI=1S/C20H25FN2O2/c1-4-23(13-16-10-11-19(25-3)18(21)12-16)14-20(24)22-15(2)17-8-6-5-7-9-17/h5-12,15H,4,13-14H2,1-3H3,(H,22,24)/t15-/m0/s1. The maximum atomic E-state index is 13.8. The molecule has 0 saturated carbocycles. The molecule has 0 heterocycles. The summed E-state index contributed by atoms with van der Waals surface area (Å²) in [5.41, 5.74) is 1.88. The number of nitrogens with one attached hydrogen (secondary N) is 1. The van der Waals surface area contributed by atoms with Gasteiger partial charge in [0.15, 0.2) is 11.6 Å². The second kappa shape index (κ2) is 9.18. The molecule has 0 aliphatic rings. The molecule has 0 bridgehead atoms. The quantitative estimate of drug-likeness (QED) is 0.796. The van der Waals surface area contributed by atoms with Gasteiger partial charge in [-0.15, -0.1) is 0 Å². The molecule has 134 valence electrons. The van der Waals surface area contributed by atoms with E-state index in [9.17, 15) is 9.18 Å². The van der Waals surface area contributed by atoms with Gasteiger partial charge in [-0.1, -0.05) is 43.3 Å². The minimum absolute atomic E-state index is 0.0489.